The SMILES string of the molecule is O=C(c1nc2ccccc2[nH]c1=O)N1CCCC1Cc1cccc(Cl)c1. The van der Waals surface area contributed by atoms with Crippen molar-refractivity contribution in [2.45, 2.75) is 25.3 Å². The first-order valence-electron chi connectivity index (χ1n) is 8.66. The fourth-order valence-electron chi connectivity index (χ4n) is 3.56. The van der Waals surface area contributed by atoms with Crippen LogP contribution in [0.1, 0.15) is 28.9 Å². The molecule has 1 atom stereocenters. The maximum atomic E-state index is 13.0. The summed E-state index contributed by atoms with van der Waals surface area (Å²) in [6.07, 6.45) is 2.55. The second-order valence-corrected chi connectivity index (χ2v) is 7.00. The topological polar surface area (TPSA) is 66.1 Å². The van der Waals surface area contributed by atoms with Gasteiger partial charge in [-0.15, -0.1) is 0 Å². The molecule has 0 radical (unpaired) electrons. The molecule has 1 aliphatic heterocycles. The molecule has 3 aromatic rings. The number of aromatic nitrogens is 2. The van der Waals surface area contributed by atoms with E-state index in [1.54, 1.807) is 17.0 Å². The fraction of sp³-hybridized carbons (Fsp3) is 0.250. The van der Waals surface area contributed by atoms with Gasteiger partial charge in [-0.25, -0.2) is 4.98 Å². The Hall–Kier alpha value is -2.66. The average Bonchev–Trinajstić information content (AvgIpc) is 3.08. The van der Waals surface area contributed by atoms with E-state index in [0.29, 0.717) is 22.6 Å². The number of halogens is 1. The van der Waals surface area contributed by atoms with Crippen molar-refractivity contribution in [1.82, 2.24) is 14.9 Å². The highest BCUT2D eigenvalue weighted by molar-refractivity contribution is 6.30. The van der Waals surface area contributed by atoms with E-state index in [9.17, 15) is 9.59 Å². The average molecular weight is 368 g/mol. The highest BCUT2D eigenvalue weighted by Gasteiger charge is 2.31. The van der Waals surface area contributed by atoms with Crippen LogP contribution in [0.3, 0.4) is 0 Å². The van der Waals surface area contributed by atoms with E-state index >= 15 is 0 Å². The Morgan fingerprint density at radius 2 is 2.08 bits per heavy atom. The van der Waals surface area contributed by atoms with Crippen LogP contribution in [-0.4, -0.2) is 33.4 Å². The number of fused-ring (bicyclic) bond motifs is 1. The van der Waals surface area contributed by atoms with E-state index in [1.165, 1.54) is 0 Å². The zero-order valence-corrected chi connectivity index (χ0v) is 14.9. The van der Waals surface area contributed by atoms with Crippen molar-refractivity contribution in [1.29, 1.82) is 0 Å². The number of rotatable bonds is 3. The number of hydrogen-bond acceptors (Lipinski definition) is 3. The molecule has 0 saturated carbocycles. The molecule has 4 rings (SSSR count). The minimum atomic E-state index is -0.442. The molecule has 1 aliphatic rings. The van der Waals surface area contributed by atoms with Crippen LogP contribution in [-0.2, 0) is 6.42 Å². The number of benzene rings is 2. The maximum Gasteiger partial charge on any atom is 0.280 e. The number of amides is 1. The standard InChI is InChI=1S/C20H18ClN3O2/c21-14-6-3-5-13(11-14)12-15-7-4-10-24(15)20(26)18-19(25)23-17-9-2-1-8-16(17)22-18/h1-3,5-6,8-9,11,15H,4,7,10,12H2,(H,23,25). The number of hydrogen-bond donors (Lipinski definition) is 1. The molecular formula is C20H18ClN3O2. The lowest BCUT2D eigenvalue weighted by atomic mass is 10.0. The number of aromatic amines is 1. The van der Waals surface area contributed by atoms with Gasteiger partial charge in [0, 0.05) is 17.6 Å². The summed E-state index contributed by atoms with van der Waals surface area (Å²) in [4.78, 5) is 34.2. The summed E-state index contributed by atoms with van der Waals surface area (Å²) < 4.78 is 0. The molecule has 6 heteroatoms. The first-order chi connectivity index (χ1) is 12.6. The number of para-hydroxylation sites is 2. The molecule has 2 heterocycles. The van der Waals surface area contributed by atoms with Gasteiger partial charge in [-0.2, -0.15) is 0 Å². The lowest BCUT2D eigenvalue weighted by Gasteiger charge is -2.24. The second-order valence-electron chi connectivity index (χ2n) is 6.56. The number of carbonyl (C=O) groups excluding carboxylic acids is 1. The smallest absolute Gasteiger partial charge is 0.280 e. The fourth-order valence-corrected chi connectivity index (χ4v) is 3.77. The maximum absolute atomic E-state index is 13.0. The first kappa shape index (κ1) is 16.8. The largest absolute Gasteiger partial charge is 0.334 e. The molecule has 1 fully saturated rings. The van der Waals surface area contributed by atoms with Gasteiger partial charge in [-0.05, 0) is 49.1 Å². The molecule has 132 valence electrons. The van der Waals surface area contributed by atoms with Crippen molar-refractivity contribution in [3.8, 4) is 0 Å². The van der Waals surface area contributed by atoms with E-state index < -0.39 is 5.56 Å². The molecule has 0 aliphatic carbocycles. The lowest BCUT2D eigenvalue weighted by Crippen LogP contribution is -2.40. The quantitative estimate of drug-likeness (QED) is 0.771. The van der Waals surface area contributed by atoms with Gasteiger partial charge in [0.25, 0.3) is 11.5 Å². The Kier molecular flexibility index (Phi) is 4.47. The summed E-state index contributed by atoms with van der Waals surface area (Å²) in [6.45, 7) is 0.637. The van der Waals surface area contributed by atoms with E-state index in [-0.39, 0.29) is 17.6 Å². The van der Waals surface area contributed by atoms with Gasteiger partial charge >= 0.3 is 0 Å². The molecule has 1 aromatic heterocycles. The van der Waals surface area contributed by atoms with Crippen molar-refractivity contribution in [2.24, 2.45) is 0 Å². The van der Waals surface area contributed by atoms with Crippen LogP contribution < -0.4 is 5.56 Å². The number of likely N-dealkylation sites (tertiary alicyclic amines) is 1. The Labute approximate surface area is 155 Å². The van der Waals surface area contributed by atoms with Gasteiger partial charge in [-0.3, -0.25) is 9.59 Å². The molecule has 0 spiro atoms. The monoisotopic (exact) mass is 367 g/mol. The third-order valence-electron chi connectivity index (χ3n) is 4.80. The van der Waals surface area contributed by atoms with E-state index in [1.807, 2.05) is 36.4 Å². The molecule has 1 N–H and O–H groups in total. The predicted molar refractivity (Wildman–Crippen MR) is 102 cm³/mol. The molecule has 1 amide bonds. The van der Waals surface area contributed by atoms with Crippen LogP contribution >= 0.6 is 11.6 Å². The zero-order chi connectivity index (χ0) is 18.1. The van der Waals surface area contributed by atoms with Gasteiger partial charge in [0.05, 0.1) is 11.0 Å². The summed E-state index contributed by atoms with van der Waals surface area (Å²) in [6, 6.07) is 14.9. The molecule has 26 heavy (non-hydrogen) atoms. The highest BCUT2D eigenvalue weighted by atomic mass is 35.5. The van der Waals surface area contributed by atoms with Crippen molar-refractivity contribution < 1.29 is 4.79 Å². The van der Waals surface area contributed by atoms with Crippen LogP contribution in [0.2, 0.25) is 5.02 Å². The lowest BCUT2D eigenvalue weighted by molar-refractivity contribution is 0.0729. The summed E-state index contributed by atoms with van der Waals surface area (Å²) in [7, 11) is 0. The minimum absolute atomic E-state index is 0.0401. The van der Waals surface area contributed by atoms with E-state index in [2.05, 4.69) is 9.97 Å². The number of nitrogens with zero attached hydrogens (tertiary/aromatic N) is 2. The molecular weight excluding hydrogens is 350 g/mol. The zero-order valence-electron chi connectivity index (χ0n) is 14.1. The normalized spacial score (nSPS) is 17.0. The molecule has 1 saturated heterocycles. The van der Waals surface area contributed by atoms with Crippen LogP contribution in [0.25, 0.3) is 11.0 Å². The predicted octanol–water partition coefficient (Wildman–Crippen LogP) is 3.42. The molecule has 2 aromatic carbocycles. The summed E-state index contributed by atoms with van der Waals surface area (Å²) in [5.41, 5.74) is 1.85. The first-order valence-corrected chi connectivity index (χ1v) is 9.04. The number of carbonyl (C=O) groups is 1. The van der Waals surface area contributed by atoms with E-state index in [0.717, 1.165) is 24.8 Å². The Morgan fingerprint density at radius 3 is 2.92 bits per heavy atom. The van der Waals surface area contributed by atoms with Crippen LogP contribution in [0.15, 0.2) is 53.3 Å². The number of nitrogens with one attached hydrogen (secondary N) is 1. The molecule has 5 nitrogen and oxygen atoms in total. The molecule has 1 unspecified atom stereocenters. The second kappa shape index (κ2) is 6.92. The Bertz CT molecular complexity index is 1030. The van der Waals surface area contributed by atoms with Crippen molar-refractivity contribution >= 4 is 28.5 Å². The van der Waals surface area contributed by atoms with Gasteiger partial charge < -0.3 is 9.88 Å². The third kappa shape index (κ3) is 3.22. The van der Waals surface area contributed by atoms with Crippen LogP contribution in [0, 0.1) is 0 Å². The Morgan fingerprint density at radius 1 is 1.23 bits per heavy atom. The van der Waals surface area contributed by atoms with E-state index in [4.69, 9.17) is 11.6 Å². The summed E-state index contributed by atoms with van der Waals surface area (Å²) in [5.74, 6) is -0.304. The van der Waals surface area contributed by atoms with Gasteiger partial charge in [0.1, 0.15) is 0 Å². The van der Waals surface area contributed by atoms with Gasteiger partial charge in [0.2, 0.25) is 0 Å². The molecule has 0 bridgehead atoms. The van der Waals surface area contributed by atoms with Crippen LogP contribution in [0.4, 0.5) is 0 Å². The third-order valence-corrected chi connectivity index (χ3v) is 5.04. The highest BCUT2D eigenvalue weighted by Crippen LogP contribution is 2.24. The summed E-state index contributed by atoms with van der Waals surface area (Å²) >= 11 is 6.07. The van der Waals surface area contributed by atoms with Crippen molar-refractivity contribution in [3.05, 3.63) is 75.2 Å². The van der Waals surface area contributed by atoms with Gasteiger partial charge in [0.15, 0.2) is 5.69 Å². The number of H-pyrrole nitrogens is 1. The van der Waals surface area contributed by atoms with Crippen molar-refractivity contribution in [3.63, 3.8) is 0 Å². The van der Waals surface area contributed by atoms with Crippen molar-refractivity contribution in [2.75, 3.05) is 6.54 Å². The minimum Gasteiger partial charge on any atom is -0.334 e. The summed E-state index contributed by atoms with van der Waals surface area (Å²) in [5, 5.41) is 0.686. The Balaban J connectivity index is 1.62. The van der Waals surface area contributed by atoms with Crippen LogP contribution in [0.5, 0.6) is 0 Å². The van der Waals surface area contributed by atoms with Gasteiger partial charge in [-0.1, -0.05) is 35.9 Å².